The van der Waals surface area contributed by atoms with Gasteiger partial charge in [0.15, 0.2) is 0 Å². The average Bonchev–Trinajstić information content (AvgIpc) is 3.07. The summed E-state index contributed by atoms with van der Waals surface area (Å²) in [5.41, 5.74) is 1.07. The van der Waals surface area contributed by atoms with Crippen LogP contribution in [0.1, 0.15) is 0 Å². The van der Waals surface area contributed by atoms with Crippen LogP contribution in [0.15, 0.2) is 53.7 Å². The quantitative estimate of drug-likeness (QED) is 0.594. The molecule has 132 valence electrons. The number of hydrogen-bond donors (Lipinski definition) is 1. The van der Waals surface area contributed by atoms with Gasteiger partial charge < -0.3 is 9.72 Å². The van der Waals surface area contributed by atoms with Crippen LogP contribution < -0.4 is 11.0 Å². The molecule has 4 rings (SSSR count). The van der Waals surface area contributed by atoms with Gasteiger partial charge in [-0.15, -0.1) is 0 Å². The molecule has 0 fully saturated rings. The monoisotopic (exact) mass is 375 g/mol. The number of imidazole rings is 1. The number of rotatable bonds is 4. The number of aromatic nitrogens is 4. The maximum Gasteiger partial charge on any atom is 0.354 e. The lowest BCUT2D eigenvalue weighted by Crippen LogP contribution is -2.24. The van der Waals surface area contributed by atoms with Crippen LogP contribution >= 0.6 is 11.6 Å². The summed E-state index contributed by atoms with van der Waals surface area (Å²) >= 11 is 6.10. The lowest BCUT2D eigenvalue weighted by atomic mass is 10.2. The zero-order valence-corrected chi connectivity index (χ0v) is 14.0. The zero-order valence-electron chi connectivity index (χ0n) is 13.2. The molecule has 0 aliphatic heterocycles. The minimum atomic E-state index is -2.57. The van der Waals surface area contributed by atoms with Crippen molar-refractivity contribution in [1.82, 2.24) is 18.9 Å². The third-order valence-corrected chi connectivity index (χ3v) is 4.15. The third kappa shape index (κ3) is 2.88. The standard InChI is InChI=1S/C17H12ClF2N5O/c18-10-1-2-12-13(7-10)25(17(26)23-16(12)22-9-14(19)20)11-3-5-24-6-4-21-15(24)8-11/h1-8,14H,9H2,(H,22,23,26). The fourth-order valence-corrected chi connectivity index (χ4v) is 2.96. The van der Waals surface area contributed by atoms with E-state index in [9.17, 15) is 13.6 Å². The van der Waals surface area contributed by atoms with E-state index >= 15 is 0 Å². The second-order valence-electron chi connectivity index (χ2n) is 5.59. The highest BCUT2D eigenvalue weighted by molar-refractivity contribution is 6.31. The Morgan fingerprint density at radius 1 is 1.19 bits per heavy atom. The minimum absolute atomic E-state index is 0.0973. The fourth-order valence-electron chi connectivity index (χ4n) is 2.80. The number of halogens is 3. The molecule has 0 aliphatic rings. The Hall–Kier alpha value is -3.00. The molecule has 3 heterocycles. The molecule has 0 atom stereocenters. The van der Waals surface area contributed by atoms with Gasteiger partial charge in [-0.05, 0) is 24.3 Å². The molecule has 0 spiro atoms. The van der Waals surface area contributed by atoms with Gasteiger partial charge in [0.25, 0.3) is 6.43 Å². The third-order valence-electron chi connectivity index (χ3n) is 3.92. The number of pyridine rings is 1. The molecular weight excluding hydrogens is 364 g/mol. The van der Waals surface area contributed by atoms with Gasteiger partial charge in [-0.1, -0.05) is 11.6 Å². The Morgan fingerprint density at radius 2 is 2.04 bits per heavy atom. The van der Waals surface area contributed by atoms with Crippen molar-refractivity contribution in [3.63, 3.8) is 0 Å². The number of alkyl halides is 2. The summed E-state index contributed by atoms with van der Waals surface area (Å²) < 4.78 is 28.3. The van der Waals surface area contributed by atoms with Gasteiger partial charge in [-0.2, -0.15) is 4.98 Å². The van der Waals surface area contributed by atoms with Gasteiger partial charge in [0.05, 0.1) is 17.7 Å². The minimum Gasteiger partial charge on any atom is -0.364 e. The Kier molecular flexibility index (Phi) is 4.04. The maximum absolute atomic E-state index is 12.6. The lowest BCUT2D eigenvalue weighted by Gasteiger charge is -2.14. The van der Waals surface area contributed by atoms with Crippen LogP contribution in [0, 0.1) is 0 Å². The second-order valence-corrected chi connectivity index (χ2v) is 6.03. The molecule has 9 heteroatoms. The number of hydrogen-bond acceptors (Lipinski definition) is 4. The Labute approximate surface area is 150 Å². The summed E-state index contributed by atoms with van der Waals surface area (Å²) in [7, 11) is 0. The Bertz CT molecular complexity index is 1170. The average molecular weight is 376 g/mol. The number of nitrogens with one attached hydrogen (secondary N) is 1. The fraction of sp³-hybridized carbons (Fsp3) is 0.118. The summed E-state index contributed by atoms with van der Waals surface area (Å²) in [6.45, 7) is -0.603. The van der Waals surface area contributed by atoms with Gasteiger partial charge in [0.1, 0.15) is 11.5 Å². The Morgan fingerprint density at radius 3 is 2.85 bits per heavy atom. The Balaban J connectivity index is 1.97. The highest BCUT2D eigenvalue weighted by Crippen LogP contribution is 2.25. The van der Waals surface area contributed by atoms with Crippen LogP contribution in [0.2, 0.25) is 5.02 Å². The first-order chi connectivity index (χ1) is 12.5. The molecule has 0 aliphatic carbocycles. The smallest absolute Gasteiger partial charge is 0.354 e. The molecule has 0 amide bonds. The van der Waals surface area contributed by atoms with Crippen LogP contribution in [0.4, 0.5) is 14.6 Å². The van der Waals surface area contributed by atoms with Gasteiger partial charge in [0.2, 0.25) is 0 Å². The van der Waals surface area contributed by atoms with Crippen LogP contribution in [-0.2, 0) is 0 Å². The van der Waals surface area contributed by atoms with E-state index in [0.29, 0.717) is 27.3 Å². The van der Waals surface area contributed by atoms with E-state index in [1.54, 1.807) is 53.3 Å². The molecule has 3 aromatic heterocycles. The predicted molar refractivity (Wildman–Crippen MR) is 95.6 cm³/mol. The van der Waals surface area contributed by atoms with Crippen molar-refractivity contribution in [1.29, 1.82) is 0 Å². The summed E-state index contributed by atoms with van der Waals surface area (Å²) in [6, 6.07) is 8.33. The van der Waals surface area contributed by atoms with Crippen molar-refractivity contribution in [2.24, 2.45) is 0 Å². The van der Waals surface area contributed by atoms with Crippen molar-refractivity contribution >= 4 is 34.0 Å². The molecule has 0 radical (unpaired) electrons. The van der Waals surface area contributed by atoms with E-state index < -0.39 is 18.7 Å². The number of anilines is 1. The molecule has 0 saturated carbocycles. The molecule has 6 nitrogen and oxygen atoms in total. The molecule has 0 unspecified atom stereocenters. The molecule has 1 aromatic carbocycles. The molecular formula is C17H12ClF2N5O. The van der Waals surface area contributed by atoms with Crippen molar-refractivity contribution in [2.75, 3.05) is 11.9 Å². The summed E-state index contributed by atoms with van der Waals surface area (Å²) in [4.78, 5) is 20.8. The number of benzene rings is 1. The number of fused-ring (bicyclic) bond motifs is 2. The highest BCUT2D eigenvalue weighted by Gasteiger charge is 2.14. The van der Waals surface area contributed by atoms with Gasteiger partial charge in [-0.3, -0.25) is 4.57 Å². The molecule has 1 N–H and O–H groups in total. The van der Waals surface area contributed by atoms with Crippen LogP contribution in [-0.4, -0.2) is 31.9 Å². The molecule has 0 saturated heterocycles. The first kappa shape index (κ1) is 16.5. The predicted octanol–water partition coefficient (Wildman–Crippen LogP) is 3.36. The molecule has 0 bridgehead atoms. The van der Waals surface area contributed by atoms with Crippen molar-refractivity contribution in [3.8, 4) is 5.69 Å². The first-order valence-electron chi connectivity index (χ1n) is 7.70. The van der Waals surface area contributed by atoms with Gasteiger partial charge >= 0.3 is 5.69 Å². The van der Waals surface area contributed by atoms with E-state index in [-0.39, 0.29) is 5.82 Å². The van der Waals surface area contributed by atoms with E-state index in [4.69, 9.17) is 11.6 Å². The molecule has 26 heavy (non-hydrogen) atoms. The van der Waals surface area contributed by atoms with Crippen LogP contribution in [0.5, 0.6) is 0 Å². The van der Waals surface area contributed by atoms with Crippen molar-refractivity contribution in [3.05, 3.63) is 64.4 Å². The van der Waals surface area contributed by atoms with Crippen LogP contribution in [0.25, 0.3) is 22.2 Å². The number of nitrogens with zero attached hydrogens (tertiary/aromatic N) is 4. The van der Waals surface area contributed by atoms with Crippen LogP contribution in [0.3, 0.4) is 0 Å². The molecule has 4 aromatic rings. The first-order valence-corrected chi connectivity index (χ1v) is 8.08. The summed E-state index contributed by atoms with van der Waals surface area (Å²) in [5.74, 6) is 0.0973. The zero-order chi connectivity index (χ0) is 18.3. The lowest BCUT2D eigenvalue weighted by molar-refractivity contribution is 0.163. The largest absolute Gasteiger partial charge is 0.364 e. The van der Waals surface area contributed by atoms with E-state index in [1.807, 2.05) is 0 Å². The highest BCUT2D eigenvalue weighted by atomic mass is 35.5. The normalized spacial score (nSPS) is 11.5. The topological polar surface area (TPSA) is 64.2 Å². The summed E-state index contributed by atoms with van der Waals surface area (Å²) in [6.07, 6.45) is 2.63. The van der Waals surface area contributed by atoms with Crippen molar-refractivity contribution in [2.45, 2.75) is 6.43 Å². The second kappa shape index (κ2) is 6.38. The van der Waals surface area contributed by atoms with Crippen molar-refractivity contribution < 1.29 is 8.78 Å². The van der Waals surface area contributed by atoms with Gasteiger partial charge in [0, 0.05) is 35.1 Å². The van der Waals surface area contributed by atoms with E-state index in [2.05, 4.69) is 15.3 Å². The SMILES string of the molecule is O=c1nc(NCC(F)F)c2ccc(Cl)cc2n1-c1ccn2ccnc2c1. The van der Waals surface area contributed by atoms with Gasteiger partial charge in [-0.25, -0.2) is 18.6 Å². The summed E-state index contributed by atoms with van der Waals surface area (Å²) in [5, 5.41) is 3.44. The van der Waals surface area contributed by atoms with E-state index in [1.165, 1.54) is 4.57 Å². The van der Waals surface area contributed by atoms with E-state index in [0.717, 1.165) is 0 Å². The maximum atomic E-state index is 12.6.